The zero-order valence-electron chi connectivity index (χ0n) is 12.4. The van der Waals surface area contributed by atoms with Crippen molar-refractivity contribution < 1.29 is 18.9 Å². The third-order valence-electron chi connectivity index (χ3n) is 3.10. The molecule has 0 spiro atoms. The van der Waals surface area contributed by atoms with Gasteiger partial charge in [-0.25, -0.2) is 0 Å². The van der Waals surface area contributed by atoms with Crippen LogP contribution in [-0.4, -0.2) is 7.05 Å². The molecule has 0 saturated heterocycles. The van der Waals surface area contributed by atoms with E-state index in [0.29, 0.717) is 5.92 Å². The summed E-state index contributed by atoms with van der Waals surface area (Å²) in [7, 11) is 2.12. The van der Waals surface area contributed by atoms with Gasteiger partial charge in [-0.05, 0) is 18.1 Å². The van der Waals surface area contributed by atoms with Crippen LogP contribution in [-0.2, 0) is 6.54 Å². The third-order valence-corrected chi connectivity index (χ3v) is 3.10. The Kier molecular flexibility index (Phi) is 6.22. The fraction of sp³-hybridized carbons (Fsp3) is 0.294. The van der Waals surface area contributed by atoms with Gasteiger partial charge in [-0.3, -0.25) is 0 Å². The standard InChI is InChI=1S/C17H20N.Li/c1-14(2)16-9-7-8-15(12-16)13-18(3)17-10-5-4-6-11-17;/h4-11,14H,13H2,1-3H3;/q-1;+1. The van der Waals surface area contributed by atoms with E-state index in [9.17, 15) is 0 Å². The maximum atomic E-state index is 3.50. The molecule has 2 aromatic rings. The van der Waals surface area contributed by atoms with E-state index in [1.54, 1.807) is 0 Å². The van der Waals surface area contributed by atoms with E-state index < -0.39 is 0 Å². The summed E-state index contributed by atoms with van der Waals surface area (Å²) in [5, 5.41) is 0. The van der Waals surface area contributed by atoms with Crippen LogP contribution in [0.2, 0.25) is 0 Å². The first kappa shape index (κ1) is 15.9. The van der Waals surface area contributed by atoms with Crippen molar-refractivity contribution in [3.8, 4) is 0 Å². The molecule has 0 aliphatic carbocycles. The Morgan fingerprint density at radius 3 is 2.32 bits per heavy atom. The van der Waals surface area contributed by atoms with Crippen LogP contribution in [0, 0.1) is 6.07 Å². The smallest absolute Gasteiger partial charge is 0.372 e. The van der Waals surface area contributed by atoms with E-state index in [0.717, 1.165) is 6.54 Å². The van der Waals surface area contributed by atoms with Crippen LogP contribution in [0.25, 0.3) is 0 Å². The summed E-state index contributed by atoms with van der Waals surface area (Å²) in [5.74, 6) is 0.534. The minimum atomic E-state index is 0. The predicted molar refractivity (Wildman–Crippen MR) is 77.9 cm³/mol. The number of nitrogens with zero attached hydrogens (tertiary/aromatic N) is 1. The number of rotatable bonds is 4. The van der Waals surface area contributed by atoms with E-state index in [2.05, 4.69) is 74.3 Å². The van der Waals surface area contributed by atoms with E-state index in [4.69, 9.17) is 0 Å². The van der Waals surface area contributed by atoms with Gasteiger partial charge in [0.15, 0.2) is 0 Å². The minimum Gasteiger partial charge on any atom is -0.372 e. The van der Waals surface area contributed by atoms with Gasteiger partial charge in [0.2, 0.25) is 0 Å². The normalized spacial score (nSPS) is 10.1. The molecule has 0 aromatic heterocycles. The van der Waals surface area contributed by atoms with Crippen molar-refractivity contribution in [3.05, 3.63) is 65.7 Å². The second-order valence-corrected chi connectivity index (χ2v) is 4.98. The van der Waals surface area contributed by atoms with Crippen LogP contribution >= 0.6 is 0 Å². The topological polar surface area (TPSA) is 3.24 Å². The fourth-order valence-corrected chi connectivity index (χ4v) is 1.99. The van der Waals surface area contributed by atoms with Gasteiger partial charge in [0, 0.05) is 19.3 Å². The quantitative estimate of drug-likeness (QED) is 0.579. The fourth-order valence-electron chi connectivity index (χ4n) is 1.99. The van der Waals surface area contributed by atoms with Gasteiger partial charge < -0.3 is 4.90 Å². The van der Waals surface area contributed by atoms with Gasteiger partial charge in [-0.15, -0.1) is 5.56 Å². The van der Waals surface area contributed by atoms with Crippen LogP contribution in [0.15, 0.2) is 48.5 Å². The minimum absolute atomic E-state index is 0. The van der Waals surface area contributed by atoms with Crippen molar-refractivity contribution in [2.75, 3.05) is 11.9 Å². The summed E-state index contributed by atoms with van der Waals surface area (Å²) in [6.07, 6.45) is 0. The van der Waals surface area contributed by atoms with Crippen molar-refractivity contribution in [2.45, 2.75) is 26.3 Å². The van der Waals surface area contributed by atoms with Gasteiger partial charge in [0.05, 0.1) is 0 Å². The SMILES string of the molecule is CC(C)c1[c-]c(CN(C)c2ccccc2)ccc1.[Li+]. The maximum absolute atomic E-state index is 3.50. The molecule has 0 bridgehead atoms. The van der Waals surface area contributed by atoms with Crippen LogP contribution in [0.4, 0.5) is 5.69 Å². The first-order valence-electron chi connectivity index (χ1n) is 6.44. The summed E-state index contributed by atoms with van der Waals surface area (Å²) in [6, 6.07) is 20.4. The molecule has 0 saturated carbocycles. The Morgan fingerprint density at radius 2 is 1.68 bits per heavy atom. The van der Waals surface area contributed by atoms with Gasteiger partial charge >= 0.3 is 18.9 Å². The molecular weight excluding hydrogens is 225 g/mol. The number of hydrogen-bond acceptors (Lipinski definition) is 1. The van der Waals surface area contributed by atoms with Crippen molar-refractivity contribution in [1.29, 1.82) is 0 Å². The molecular formula is C17H20LiN. The summed E-state index contributed by atoms with van der Waals surface area (Å²) in [6.45, 7) is 5.30. The molecule has 0 aliphatic rings. The van der Waals surface area contributed by atoms with Gasteiger partial charge in [-0.2, -0.15) is 29.8 Å². The molecule has 19 heavy (non-hydrogen) atoms. The van der Waals surface area contributed by atoms with Gasteiger partial charge in [-0.1, -0.05) is 32.0 Å². The van der Waals surface area contributed by atoms with Crippen molar-refractivity contribution >= 4 is 5.69 Å². The van der Waals surface area contributed by atoms with E-state index in [-0.39, 0.29) is 18.9 Å². The molecule has 0 amide bonds. The van der Waals surface area contributed by atoms with E-state index >= 15 is 0 Å². The summed E-state index contributed by atoms with van der Waals surface area (Å²) < 4.78 is 0. The molecule has 0 unspecified atom stereocenters. The monoisotopic (exact) mass is 245 g/mol. The third kappa shape index (κ3) is 4.46. The summed E-state index contributed by atoms with van der Waals surface area (Å²) in [5.41, 5.74) is 3.77. The molecule has 1 nitrogen and oxygen atoms in total. The van der Waals surface area contributed by atoms with Crippen molar-refractivity contribution in [1.82, 2.24) is 0 Å². The molecule has 0 heterocycles. The Morgan fingerprint density at radius 1 is 1.00 bits per heavy atom. The molecule has 0 radical (unpaired) electrons. The predicted octanol–water partition coefficient (Wildman–Crippen LogP) is 1.25. The molecule has 0 N–H and O–H groups in total. The second kappa shape index (κ2) is 7.43. The number of hydrogen-bond donors (Lipinski definition) is 0. The number of para-hydroxylation sites is 1. The Labute approximate surface area is 128 Å². The van der Waals surface area contributed by atoms with Crippen molar-refractivity contribution in [2.24, 2.45) is 0 Å². The van der Waals surface area contributed by atoms with Crippen LogP contribution in [0.3, 0.4) is 0 Å². The van der Waals surface area contributed by atoms with Crippen LogP contribution in [0.1, 0.15) is 30.9 Å². The first-order valence-corrected chi connectivity index (χ1v) is 6.44. The zero-order chi connectivity index (χ0) is 13.0. The van der Waals surface area contributed by atoms with Crippen LogP contribution < -0.4 is 23.8 Å². The molecule has 0 aliphatic heterocycles. The molecule has 94 valence electrons. The Hall–Kier alpha value is -1.16. The number of benzene rings is 2. The maximum Gasteiger partial charge on any atom is 1.00 e. The van der Waals surface area contributed by atoms with E-state index in [1.165, 1.54) is 16.8 Å². The number of anilines is 1. The van der Waals surface area contributed by atoms with Gasteiger partial charge in [0.25, 0.3) is 0 Å². The average molecular weight is 245 g/mol. The summed E-state index contributed by atoms with van der Waals surface area (Å²) in [4.78, 5) is 2.25. The molecule has 2 rings (SSSR count). The van der Waals surface area contributed by atoms with Crippen LogP contribution in [0.5, 0.6) is 0 Å². The first-order chi connectivity index (χ1) is 8.66. The Balaban J connectivity index is 0.00000180. The van der Waals surface area contributed by atoms with Crippen molar-refractivity contribution in [3.63, 3.8) is 0 Å². The average Bonchev–Trinajstić information content (AvgIpc) is 2.40. The molecule has 0 atom stereocenters. The molecule has 2 aromatic carbocycles. The van der Waals surface area contributed by atoms with E-state index in [1.807, 2.05) is 6.07 Å². The molecule has 0 fully saturated rings. The largest absolute Gasteiger partial charge is 1.00 e. The summed E-state index contributed by atoms with van der Waals surface area (Å²) >= 11 is 0. The Bertz CT molecular complexity index is 494. The molecule has 2 heteroatoms. The second-order valence-electron chi connectivity index (χ2n) is 4.98. The zero-order valence-corrected chi connectivity index (χ0v) is 12.4. The van der Waals surface area contributed by atoms with Gasteiger partial charge in [0.1, 0.15) is 0 Å².